The van der Waals surface area contributed by atoms with Crippen LogP contribution < -0.4 is 5.32 Å². The van der Waals surface area contributed by atoms with Crippen LogP contribution in [-0.4, -0.2) is 0 Å². The van der Waals surface area contributed by atoms with Gasteiger partial charge >= 0.3 is 0 Å². The van der Waals surface area contributed by atoms with E-state index in [1.54, 1.807) is 0 Å². The number of allylic oxidation sites excluding steroid dienone is 4. The van der Waals surface area contributed by atoms with Crippen LogP contribution in [-0.2, 0) is 0 Å². The van der Waals surface area contributed by atoms with Gasteiger partial charge in [0.05, 0.1) is 0 Å². The Morgan fingerprint density at radius 1 is 1.16 bits per heavy atom. The number of hydrogen-bond donors (Lipinski definition) is 1. The van der Waals surface area contributed by atoms with E-state index in [1.165, 1.54) is 11.1 Å². The molecule has 0 aliphatic carbocycles. The summed E-state index contributed by atoms with van der Waals surface area (Å²) in [6.45, 7) is 12.7. The molecule has 0 amide bonds. The smallest absolute Gasteiger partial charge is 0.0485 e. The van der Waals surface area contributed by atoms with Gasteiger partial charge in [-0.05, 0) is 31.4 Å². The second kappa shape index (κ2) is 7.63. The third-order valence-electron chi connectivity index (χ3n) is 3.27. The van der Waals surface area contributed by atoms with Crippen molar-refractivity contribution in [3.63, 3.8) is 0 Å². The van der Waals surface area contributed by atoms with E-state index in [0.29, 0.717) is 5.92 Å². The first-order chi connectivity index (χ1) is 9.00. The van der Waals surface area contributed by atoms with Crippen LogP contribution >= 0.6 is 0 Å². The normalized spacial score (nSPS) is 13.8. The van der Waals surface area contributed by atoms with Gasteiger partial charge in [0.2, 0.25) is 0 Å². The highest BCUT2D eigenvalue weighted by Gasteiger charge is 2.02. The summed E-state index contributed by atoms with van der Waals surface area (Å²) in [4.78, 5) is 0. The maximum atomic E-state index is 4.03. The molecule has 0 bridgehead atoms. The van der Waals surface area contributed by atoms with E-state index < -0.39 is 0 Å². The third-order valence-corrected chi connectivity index (χ3v) is 3.27. The van der Waals surface area contributed by atoms with Crippen molar-refractivity contribution in [3.8, 4) is 0 Å². The maximum Gasteiger partial charge on any atom is 0.0485 e. The van der Waals surface area contributed by atoms with Crippen molar-refractivity contribution in [1.82, 2.24) is 5.32 Å². The quantitative estimate of drug-likeness (QED) is 0.705. The summed E-state index contributed by atoms with van der Waals surface area (Å²) in [7, 11) is 0. The van der Waals surface area contributed by atoms with Gasteiger partial charge in [0.25, 0.3) is 0 Å². The standard InChI is InChI=1S/C18H25N/c1-14(2)15(3)10-9-11-16(4)19-17(5)18-12-7-6-8-13-18/h6-14,17,19H,4H2,1-3,5H3/b11-9-,15-10+. The van der Waals surface area contributed by atoms with Crippen LogP contribution in [0.2, 0.25) is 0 Å². The first-order valence-electron chi connectivity index (χ1n) is 6.86. The van der Waals surface area contributed by atoms with Crippen molar-refractivity contribution in [2.24, 2.45) is 5.92 Å². The Hall–Kier alpha value is -1.76. The molecule has 19 heavy (non-hydrogen) atoms. The van der Waals surface area contributed by atoms with Gasteiger partial charge in [-0.25, -0.2) is 0 Å². The highest BCUT2D eigenvalue weighted by molar-refractivity contribution is 5.24. The molecule has 0 aliphatic heterocycles. The molecule has 0 radical (unpaired) electrons. The lowest BCUT2D eigenvalue weighted by atomic mass is 10.1. The van der Waals surface area contributed by atoms with Crippen LogP contribution in [0.4, 0.5) is 0 Å². The molecule has 0 aromatic heterocycles. The van der Waals surface area contributed by atoms with Crippen LogP contribution in [0.1, 0.15) is 39.3 Å². The van der Waals surface area contributed by atoms with Crippen LogP contribution in [0.15, 0.2) is 66.4 Å². The van der Waals surface area contributed by atoms with Crippen molar-refractivity contribution in [2.75, 3.05) is 0 Å². The Balaban J connectivity index is 2.52. The molecule has 0 saturated carbocycles. The van der Waals surface area contributed by atoms with Gasteiger partial charge in [0, 0.05) is 11.7 Å². The topological polar surface area (TPSA) is 12.0 Å². The molecule has 1 aromatic carbocycles. The lowest BCUT2D eigenvalue weighted by molar-refractivity contribution is 0.667. The number of rotatable bonds is 6. The lowest BCUT2D eigenvalue weighted by Gasteiger charge is -2.15. The summed E-state index contributed by atoms with van der Waals surface area (Å²) < 4.78 is 0. The molecule has 0 fully saturated rings. The van der Waals surface area contributed by atoms with Gasteiger partial charge < -0.3 is 5.32 Å². The molecule has 1 heteroatoms. The molecule has 1 nitrogen and oxygen atoms in total. The Morgan fingerprint density at radius 3 is 2.37 bits per heavy atom. The van der Waals surface area contributed by atoms with Gasteiger partial charge in [0.1, 0.15) is 0 Å². The van der Waals surface area contributed by atoms with Crippen LogP contribution in [0.25, 0.3) is 0 Å². The van der Waals surface area contributed by atoms with E-state index in [2.05, 4.69) is 76.0 Å². The number of benzene rings is 1. The minimum atomic E-state index is 0.272. The lowest BCUT2D eigenvalue weighted by Crippen LogP contribution is -2.15. The van der Waals surface area contributed by atoms with E-state index in [9.17, 15) is 0 Å². The fourth-order valence-corrected chi connectivity index (χ4v) is 1.66. The zero-order valence-corrected chi connectivity index (χ0v) is 12.5. The van der Waals surface area contributed by atoms with Crippen molar-refractivity contribution >= 4 is 0 Å². The highest BCUT2D eigenvalue weighted by Crippen LogP contribution is 2.13. The van der Waals surface area contributed by atoms with Gasteiger partial charge in [-0.3, -0.25) is 0 Å². The Labute approximate surface area is 117 Å². The van der Waals surface area contributed by atoms with Crippen LogP contribution in [0, 0.1) is 5.92 Å². The summed E-state index contributed by atoms with van der Waals surface area (Å²) in [6, 6.07) is 10.7. The van der Waals surface area contributed by atoms with E-state index in [0.717, 1.165) is 5.70 Å². The average molecular weight is 255 g/mol. The summed E-state index contributed by atoms with van der Waals surface area (Å²) in [5.74, 6) is 0.592. The molecule has 0 spiro atoms. The Morgan fingerprint density at radius 2 is 1.79 bits per heavy atom. The molecule has 1 unspecified atom stereocenters. The van der Waals surface area contributed by atoms with E-state index in [1.807, 2.05) is 12.1 Å². The number of nitrogens with one attached hydrogen (secondary N) is 1. The van der Waals surface area contributed by atoms with Crippen molar-refractivity contribution in [3.05, 3.63) is 72.0 Å². The molecule has 0 aliphatic rings. The minimum absolute atomic E-state index is 0.272. The molecular formula is C18H25N. The second-order valence-corrected chi connectivity index (χ2v) is 5.23. The fraction of sp³-hybridized carbons (Fsp3) is 0.333. The molecule has 102 valence electrons. The van der Waals surface area contributed by atoms with Crippen LogP contribution in [0.5, 0.6) is 0 Å². The molecule has 1 rings (SSSR count). The Bertz CT molecular complexity index is 452. The zero-order valence-electron chi connectivity index (χ0n) is 12.5. The van der Waals surface area contributed by atoms with E-state index in [-0.39, 0.29) is 6.04 Å². The third kappa shape index (κ3) is 5.60. The first-order valence-corrected chi connectivity index (χ1v) is 6.86. The average Bonchev–Trinajstić information content (AvgIpc) is 2.39. The summed E-state index contributed by atoms with van der Waals surface area (Å²) in [5, 5.41) is 3.39. The SMILES string of the molecule is C=C(/C=C\C=C(/C)C(C)C)NC(C)c1ccccc1. The van der Waals surface area contributed by atoms with Crippen molar-refractivity contribution in [2.45, 2.75) is 33.7 Å². The highest BCUT2D eigenvalue weighted by atomic mass is 14.9. The monoisotopic (exact) mass is 255 g/mol. The molecule has 0 heterocycles. The zero-order chi connectivity index (χ0) is 14.3. The predicted molar refractivity (Wildman–Crippen MR) is 84.9 cm³/mol. The summed E-state index contributed by atoms with van der Waals surface area (Å²) >= 11 is 0. The first kappa shape index (κ1) is 15.3. The van der Waals surface area contributed by atoms with Gasteiger partial charge in [-0.1, -0.05) is 68.5 Å². The van der Waals surface area contributed by atoms with Crippen LogP contribution in [0.3, 0.4) is 0 Å². The van der Waals surface area contributed by atoms with E-state index in [4.69, 9.17) is 0 Å². The molecule has 0 saturated heterocycles. The second-order valence-electron chi connectivity index (χ2n) is 5.23. The molecule has 1 N–H and O–H groups in total. The van der Waals surface area contributed by atoms with E-state index >= 15 is 0 Å². The molecule has 1 aromatic rings. The Kier molecular flexibility index (Phi) is 6.14. The minimum Gasteiger partial charge on any atom is -0.379 e. The predicted octanol–water partition coefficient (Wildman–Crippen LogP) is 5.01. The summed E-state index contributed by atoms with van der Waals surface area (Å²) in [6.07, 6.45) is 6.22. The summed E-state index contributed by atoms with van der Waals surface area (Å²) in [5.41, 5.74) is 3.58. The largest absolute Gasteiger partial charge is 0.379 e. The van der Waals surface area contributed by atoms with Gasteiger partial charge in [-0.2, -0.15) is 0 Å². The molecule has 1 atom stereocenters. The molecular weight excluding hydrogens is 230 g/mol. The van der Waals surface area contributed by atoms with Crippen molar-refractivity contribution < 1.29 is 0 Å². The fourth-order valence-electron chi connectivity index (χ4n) is 1.66. The number of hydrogen-bond acceptors (Lipinski definition) is 1. The van der Waals surface area contributed by atoms with Gasteiger partial charge in [-0.15, -0.1) is 0 Å². The maximum absolute atomic E-state index is 4.03. The van der Waals surface area contributed by atoms with Gasteiger partial charge in [0.15, 0.2) is 0 Å². The van der Waals surface area contributed by atoms with Crippen molar-refractivity contribution in [1.29, 1.82) is 0 Å².